The summed E-state index contributed by atoms with van der Waals surface area (Å²) in [4.78, 5) is 17.1. The number of nitrogens with two attached hydrogens (primary N) is 1. The van der Waals surface area contributed by atoms with Crippen LogP contribution in [0.25, 0.3) is 0 Å². The predicted octanol–water partition coefficient (Wildman–Crippen LogP) is 0.704. The number of carbonyl (C=O) groups is 1. The number of β-amino-alcohol motifs (C(OH)–C–C–N with tert-alkyl or cyclic N) is 1. The first-order valence-electron chi connectivity index (χ1n) is 9.36. The van der Waals surface area contributed by atoms with Gasteiger partial charge in [0, 0.05) is 13.1 Å². The molecule has 2 saturated heterocycles. The van der Waals surface area contributed by atoms with Gasteiger partial charge in [0.1, 0.15) is 11.5 Å². The van der Waals surface area contributed by atoms with Crippen molar-refractivity contribution in [1.29, 1.82) is 0 Å². The molecule has 7 nitrogen and oxygen atoms in total. The van der Waals surface area contributed by atoms with E-state index in [9.17, 15) is 9.90 Å². The number of hydrogen-bond donors (Lipinski definition) is 2. The summed E-state index contributed by atoms with van der Waals surface area (Å²) in [6.07, 6.45) is 2.53. The molecule has 2 heterocycles. The summed E-state index contributed by atoms with van der Waals surface area (Å²) >= 11 is 0. The summed E-state index contributed by atoms with van der Waals surface area (Å²) in [6.45, 7) is 3.88. The number of carbonyl (C=O) groups excluding carboxylic acids is 1. The molecular weight excluding hydrogens is 334 g/mol. The number of rotatable bonds is 7. The van der Waals surface area contributed by atoms with Gasteiger partial charge in [0.15, 0.2) is 0 Å². The fourth-order valence-electron chi connectivity index (χ4n) is 3.73. The second kappa shape index (κ2) is 8.70. The van der Waals surface area contributed by atoms with E-state index >= 15 is 0 Å². The largest absolute Gasteiger partial charge is 0.497 e. The molecule has 0 unspecified atom stereocenters. The minimum Gasteiger partial charge on any atom is -0.497 e. The molecule has 1 amide bonds. The summed E-state index contributed by atoms with van der Waals surface area (Å²) in [7, 11) is 1.57. The van der Waals surface area contributed by atoms with Crippen molar-refractivity contribution in [3.05, 3.63) is 23.8 Å². The van der Waals surface area contributed by atoms with E-state index in [2.05, 4.69) is 4.90 Å². The van der Waals surface area contributed by atoms with E-state index in [1.807, 2.05) is 0 Å². The maximum Gasteiger partial charge on any atom is 0.257 e. The molecule has 144 valence electrons. The molecule has 0 aromatic heterocycles. The Morgan fingerprint density at radius 3 is 2.77 bits per heavy atom. The van der Waals surface area contributed by atoms with Gasteiger partial charge in [0.25, 0.3) is 5.91 Å². The van der Waals surface area contributed by atoms with Crippen molar-refractivity contribution in [3.63, 3.8) is 0 Å². The average molecular weight is 363 g/mol. The number of aliphatic hydroxyl groups excluding tert-OH is 1. The molecule has 0 spiro atoms. The van der Waals surface area contributed by atoms with E-state index in [4.69, 9.17) is 15.2 Å². The number of benzene rings is 1. The maximum absolute atomic E-state index is 13.1. The Balaban J connectivity index is 1.75. The van der Waals surface area contributed by atoms with E-state index in [-0.39, 0.29) is 11.9 Å². The standard InChI is InChI=1S/C19H29N3O4/c1-25-14-5-6-18(26-10-4-7-20)15(11-14)19(24)22-12-16(17(23)13-22)21-8-2-3-9-21/h5-6,11,16-17,23H,2-4,7-10,12-13,20H2,1H3/t16-,17-/m1/s1. The van der Waals surface area contributed by atoms with Crippen molar-refractivity contribution in [3.8, 4) is 11.5 Å². The van der Waals surface area contributed by atoms with Gasteiger partial charge >= 0.3 is 0 Å². The molecular formula is C19H29N3O4. The van der Waals surface area contributed by atoms with Crippen LogP contribution < -0.4 is 15.2 Å². The number of methoxy groups -OCH3 is 1. The van der Waals surface area contributed by atoms with E-state index in [1.165, 1.54) is 0 Å². The molecule has 2 aliphatic heterocycles. The van der Waals surface area contributed by atoms with Gasteiger partial charge in [-0.25, -0.2) is 0 Å². The van der Waals surface area contributed by atoms with Crippen LogP contribution in [-0.2, 0) is 0 Å². The molecule has 3 rings (SSSR count). The third kappa shape index (κ3) is 4.11. The molecule has 0 bridgehead atoms. The van der Waals surface area contributed by atoms with E-state index in [1.54, 1.807) is 30.2 Å². The van der Waals surface area contributed by atoms with Crippen molar-refractivity contribution in [2.24, 2.45) is 5.73 Å². The van der Waals surface area contributed by atoms with Crippen molar-refractivity contribution in [2.75, 3.05) is 46.4 Å². The van der Waals surface area contributed by atoms with Crippen LogP contribution in [0.1, 0.15) is 29.6 Å². The predicted molar refractivity (Wildman–Crippen MR) is 98.7 cm³/mol. The highest BCUT2D eigenvalue weighted by atomic mass is 16.5. The summed E-state index contributed by atoms with van der Waals surface area (Å²) in [5.41, 5.74) is 5.99. The van der Waals surface area contributed by atoms with Crippen molar-refractivity contribution in [2.45, 2.75) is 31.4 Å². The lowest BCUT2D eigenvalue weighted by molar-refractivity contribution is 0.0758. The van der Waals surface area contributed by atoms with Gasteiger partial charge in [-0.2, -0.15) is 0 Å². The SMILES string of the molecule is COc1ccc(OCCCN)c(C(=O)N2C[C@@H](O)[C@H](N3CCCC3)C2)c1. The fraction of sp³-hybridized carbons (Fsp3) is 0.632. The molecule has 2 atom stereocenters. The summed E-state index contributed by atoms with van der Waals surface area (Å²) in [5, 5.41) is 10.5. The van der Waals surface area contributed by atoms with Gasteiger partial charge in [0.2, 0.25) is 0 Å². The molecule has 0 radical (unpaired) electrons. The van der Waals surface area contributed by atoms with Crippen LogP contribution in [-0.4, -0.2) is 79.4 Å². The first kappa shape index (κ1) is 18.9. The number of ether oxygens (including phenoxy) is 2. The molecule has 26 heavy (non-hydrogen) atoms. The van der Waals surface area contributed by atoms with Crippen LogP contribution >= 0.6 is 0 Å². The van der Waals surface area contributed by atoms with Gasteiger partial charge in [-0.3, -0.25) is 9.69 Å². The van der Waals surface area contributed by atoms with Gasteiger partial charge in [-0.05, 0) is 57.1 Å². The van der Waals surface area contributed by atoms with Crippen LogP contribution in [0.2, 0.25) is 0 Å². The molecule has 1 aromatic carbocycles. The maximum atomic E-state index is 13.1. The van der Waals surface area contributed by atoms with Crippen LogP contribution in [0.4, 0.5) is 0 Å². The van der Waals surface area contributed by atoms with Gasteiger partial charge in [0.05, 0.1) is 31.4 Å². The number of amides is 1. The molecule has 7 heteroatoms. The Morgan fingerprint density at radius 2 is 2.08 bits per heavy atom. The fourth-order valence-corrected chi connectivity index (χ4v) is 3.73. The number of aliphatic hydroxyl groups is 1. The molecule has 2 aliphatic rings. The van der Waals surface area contributed by atoms with Crippen LogP contribution in [0, 0.1) is 0 Å². The zero-order valence-electron chi connectivity index (χ0n) is 15.4. The van der Waals surface area contributed by atoms with Gasteiger partial charge in [-0.1, -0.05) is 0 Å². The first-order chi connectivity index (χ1) is 12.6. The lowest BCUT2D eigenvalue weighted by atomic mass is 10.1. The van der Waals surface area contributed by atoms with Gasteiger partial charge < -0.3 is 25.2 Å². The highest BCUT2D eigenvalue weighted by molar-refractivity contribution is 5.97. The second-order valence-electron chi connectivity index (χ2n) is 6.94. The minimum absolute atomic E-state index is 0.0219. The number of hydrogen-bond acceptors (Lipinski definition) is 6. The van der Waals surface area contributed by atoms with E-state index < -0.39 is 6.10 Å². The third-order valence-corrected chi connectivity index (χ3v) is 5.18. The Labute approximate surface area is 154 Å². The summed E-state index contributed by atoms with van der Waals surface area (Å²) < 4.78 is 11.0. The Kier molecular flexibility index (Phi) is 6.34. The second-order valence-corrected chi connectivity index (χ2v) is 6.94. The molecule has 3 N–H and O–H groups in total. The first-order valence-corrected chi connectivity index (χ1v) is 9.36. The normalized spacial score (nSPS) is 23.4. The average Bonchev–Trinajstić information content (AvgIpc) is 3.31. The van der Waals surface area contributed by atoms with E-state index in [0.29, 0.717) is 43.3 Å². The summed E-state index contributed by atoms with van der Waals surface area (Å²) in [6, 6.07) is 5.26. The van der Waals surface area contributed by atoms with Crippen molar-refractivity contribution >= 4 is 5.91 Å². The molecule has 1 aromatic rings. The lowest BCUT2D eigenvalue weighted by Gasteiger charge is -2.25. The lowest BCUT2D eigenvalue weighted by Crippen LogP contribution is -2.41. The van der Waals surface area contributed by atoms with Crippen LogP contribution in [0.3, 0.4) is 0 Å². The van der Waals surface area contributed by atoms with Crippen LogP contribution in [0.15, 0.2) is 18.2 Å². The Bertz CT molecular complexity index is 619. The smallest absolute Gasteiger partial charge is 0.257 e. The zero-order valence-corrected chi connectivity index (χ0v) is 15.4. The third-order valence-electron chi connectivity index (χ3n) is 5.18. The molecule has 0 saturated carbocycles. The zero-order chi connectivity index (χ0) is 18.5. The number of likely N-dealkylation sites (tertiary alicyclic amines) is 2. The highest BCUT2D eigenvalue weighted by Gasteiger charge is 2.39. The van der Waals surface area contributed by atoms with Crippen molar-refractivity contribution in [1.82, 2.24) is 9.80 Å². The molecule has 0 aliphatic carbocycles. The highest BCUT2D eigenvalue weighted by Crippen LogP contribution is 2.28. The monoisotopic (exact) mass is 363 g/mol. The van der Waals surface area contributed by atoms with Crippen molar-refractivity contribution < 1.29 is 19.4 Å². The Hall–Kier alpha value is -1.83. The molecule has 2 fully saturated rings. The number of nitrogens with zero attached hydrogens (tertiary/aromatic N) is 2. The topological polar surface area (TPSA) is 88.3 Å². The Morgan fingerprint density at radius 1 is 1.31 bits per heavy atom. The summed E-state index contributed by atoms with van der Waals surface area (Å²) in [5.74, 6) is 1.01. The minimum atomic E-state index is -0.510. The van der Waals surface area contributed by atoms with Crippen LogP contribution in [0.5, 0.6) is 11.5 Å². The van der Waals surface area contributed by atoms with E-state index in [0.717, 1.165) is 32.4 Å². The van der Waals surface area contributed by atoms with Gasteiger partial charge in [-0.15, -0.1) is 0 Å². The quantitative estimate of drug-likeness (QED) is 0.694.